The Kier molecular flexibility index (Phi) is 8.08. The molecule has 0 saturated carbocycles. The number of imide groups is 1. The van der Waals surface area contributed by atoms with Crippen molar-refractivity contribution in [3.8, 4) is 11.5 Å². The molecule has 2 amide bonds. The number of ether oxygens (including phenoxy) is 3. The molecule has 0 atom stereocenters. The number of rotatable bonds is 10. The molecular formula is C23H24FNO5S. The summed E-state index contributed by atoms with van der Waals surface area (Å²) in [6.45, 7) is 3.28. The van der Waals surface area contributed by atoms with E-state index in [0.29, 0.717) is 53.7 Å². The van der Waals surface area contributed by atoms with Crippen LogP contribution in [0.3, 0.4) is 0 Å². The second kappa shape index (κ2) is 11.0. The molecule has 0 N–H and O–H groups in total. The summed E-state index contributed by atoms with van der Waals surface area (Å²) in [5, 5.41) is -0.285. The molecule has 3 rings (SSSR count). The lowest BCUT2D eigenvalue weighted by atomic mass is 10.1. The van der Waals surface area contributed by atoms with Gasteiger partial charge in [0.1, 0.15) is 12.4 Å². The van der Waals surface area contributed by atoms with E-state index in [1.807, 2.05) is 6.92 Å². The van der Waals surface area contributed by atoms with Crippen molar-refractivity contribution in [3.63, 3.8) is 0 Å². The Morgan fingerprint density at radius 3 is 2.68 bits per heavy atom. The predicted octanol–water partition coefficient (Wildman–Crippen LogP) is 4.88. The van der Waals surface area contributed by atoms with Gasteiger partial charge in [-0.3, -0.25) is 14.5 Å². The van der Waals surface area contributed by atoms with Crippen LogP contribution < -0.4 is 9.47 Å². The number of benzene rings is 2. The minimum Gasteiger partial charge on any atom is -0.490 e. The first-order valence-corrected chi connectivity index (χ1v) is 10.7. The Morgan fingerprint density at radius 1 is 1.10 bits per heavy atom. The maximum Gasteiger partial charge on any atom is 0.293 e. The summed E-state index contributed by atoms with van der Waals surface area (Å²) < 4.78 is 29.8. The van der Waals surface area contributed by atoms with Gasteiger partial charge < -0.3 is 14.2 Å². The molecule has 0 unspecified atom stereocenters. The van der Waals surface area contributed by atoms with Crippen LogP contribution in [-0.2, 0) is 16.1 Å². The molecule has 0 spiro atoms. The average Bonchev–Trinajstić information content (AvgIpc) is 3.01. The van der Waals surface area contributed by atoms with Crippen LogP contribution in [0.15, 0.2) is 47.4 Å². The van der Waals surface area contributed by atoms with Crippen molar-refractivity contribution in [2.75, 3.05) is 26.9 Å². The molecule has 1 aliphatic rings. The second-order valence-corrected chi connectivity index (χ2v) is 7.73. The van der Waals surface area contributed by atoms with Gasteiger partial charge in [-0.2, -0.15) is 0 Å². The average molecular weight is 446 g/mol. The van der Waals surface area contributed by atoms with Crippen molar-refractivity contribution in [2.45, 2.75) is 20.0 Å². The standard InChI is InChI=1S/C23H24FNO5S/c1-3-29-20-13-16(8-9-19(20)30-15-17-6-4-7-18(24)12-17)14-21-22(26)25(23(27)31-21)10-5-11-28-2/h4,6-9,12-14H,3,5,10-11,15H2,1-2H3/b21-14+. The van der Waals surface area contributed by atoms with Crippen molar-refractivity contribution in [3.05, 3.63) is 64.3 Å². The van der Waals surface area contributed by atoms with Gasteiger partial charge >= 0.3 is 0 Å². The minimum atomic E-state index is -0.322. The molecular weight excluding hydrogens is 421 g/mol. The van der Waals surface area contributed by atoms with E-state index >= 15 is 0 Å². The number of hydrogen-bond donors (Lipinski definition) is 0. The summed E-state index contributed by atoms with van der Waals surface area (Å²) in [5.74, 6) is 0.385. The van der Waals surface area contributed by atoms with Crippen molar-refractivity contribution in [2.24, 2.45) is 0 Å². The molecule has 1 heterocycles. The number of methoxy groups -OCH3 is 1. The molecule has 2 aromatic rings. The third-order valence-electron chi connectivity index (χ3n) is 4.45. The SMILES string of the molecule is CCOc1cc(/C=C2/SC(=O)N(CCCOC)C2=O)ccc1OCc1cccc(F)c1. The molecule has 0 aliphatic carbocycles. The first-order chi connectivity index (χ1) is 15.0. The maximum absolute atomic E-state index is 13.4. The predicted molar refractivity (Wildman–Crippen MR) is 118 cm³/mol. The van der Waals surface area contributed by atoms with Crippen molar-refractivity contribution < 1.29 is 28.2 Å². The van der Waals surface area contributed by atoms with Crippen LogP contribution in [0.2, 0.25) is 0 Å². The highest BCUT2D eigenvalue weighted by Crippen LogP contribution is 2.35. The molecule has 31 heavy (non-hydrogen) atoms. The van der Waals surface area contributed by atoms with Gasteiger partial charge in [-0.05, 0) is 66.6 Å². The van der Waals surface area contributed by atoms with Gasteiger partial charge in [0, 0.05) is 20.3 Å². The Bertz CT molecular complexity index is 978. The molecule has 164 valence electrons. The summed E-state index contributed by atoms with van der Waals surface area (Å²) >= 11 is 0.917. The summed E-state index contributed by atoms with van der Waals surface area (Å²) in [7, 11) is 1.58. The highest BCUT2D eigenvalue weighted by Gasteiger charge is 2.34. The highest BCUT2D eigenvalue weighted by molar-refractivity contribution is 8.18. The highest BCUT2D eigenvalue weighted by atomic mass is 32.2. The van der Waals surface area contributed by atoms with Crippen molar-refractivity contribution in [1.82, 2.24) is 4.90 Å². The number of carbonyl (C=O) groups is 2. The zero-order chi connectivity index (χ0) is 22.2. The zero-order valence-electron chi connectivity index (χ0n) is 17.4. The smallest absolute Gasteiger partial charge is 0.293 e. The molecule has 8 heteroatoms. The summed E-state index contributed by atoms with van der Waals surface area (Å²) in [4.78, 5) is 26.3. The van der Waals surface area contributed by atoms with E-state index in [-0.39, 0.29) is 23.6 Å². The van der Waals surface area contributed by atoms with Crippen LogP contribution in [0.1, 0.15) is 24.5 Å². The third-order valence-corrected chi connectivity index (χ3v) is 5.36. The largest absolute Gasteiger partial charge is 0.490 e. The van der Waals surface area contributed by atoms with E-state index < -0.39 is 0 Å². The topological polar surface area (TPSA) is 65.1 Å². The van der Waals surface area contributed by atoms with E-state index in [9.17, 15) is 14.0 Å². The first-order valence-electron chi connectivity index (χ1n) is 9.90. The molecule has 0 radical (unpaired) electrons. The van der Waals surface area contributed by atoms with Crippen LogP contribution in [-0.4, -0.2) is 42.9 Å². The Labute approximate surface area is 185 Å². The zero-order valence-corrected chi connectivity index (χ0v) is 18.2. The molecule has 1 fully saturated rings. The van der Waals surface area contributed by atoms with E-state index in [4.69, 9.17) is 14.2 Å². The quantitative estimate of drug-likeness (QED) is 0.384. The number of halogens is 1. The summed E-state index contributed by atoms with van der Waals surface area (Å²) in [5.41, 5.74) is 1.41. The molecule has 2 aromatic carbocycles. The lowest BCUT2D eigenvalue weighted by molar-refractivity contribution is -0.122. The van der Waals surface area contributed by atoms with E-state index in [1.54, 1.807) is 43.5 Å². The number of carbonyl (C=O) groups excluding carboxylic acids is 2. The van der Waals surface area contributed by atoms with Gasteiger partial charge in [0.2, 0.25) is 0 Å². The summed E-state index contributed by atoms with van der Waals surface area (Å²) in [6, 6.07) is 11.5. The first kappa shape index (κ1) is 22.8. The Balaban J connectivity index is 1.74. The third kappa shape index (κ3) is 6.08. The van der Waals surface area contributed by atoms with Crippen LogP contribution in [0, 0.1) is 5.82 Å². The molecule has 1 aliphatic heterocycles. The summed E-state index contributed by atoms with van der Waals surface area (Å²) in [6.07, 6.45) is 2.26. The van der Waals surface area contributed by atoms with Gasteiger partial charge in [-0.25, -0.2) is 4.39 Å². The van der Waals surface area contributed by atoms with Crippen LogP contribution in [0.5, 0.6) is 11.5 Å². The maximum atomic E-state index is 13.4. The fourth-order valence-electron chi connectivity index (χ4n) is 3.00. The van der Waals surface area contributed by atoms with Gasteiger partial charge in [0.25, 0.3) is 11.1 Å². The van der Waals surface area contributed by atoms with Gasteiger partial charge in [-0.1, -0.05) is 18.2 Å². The molecule has 6 nitrogen and oxygen atoms in total. The normalized spacial score (nSPS) is 15.1. The van der Waals surface area contributed by atoms with E-state index in [1.165, 1.54) is 17.0 Å². The van der Waals surface area contributed by atoms with Gasteiger partial charge in [-0.15, -0.1) is 0 Å². The Hall–Kier alpha value is -2.84. The van der Waals surface area contributed by atoms with Crippen molar-refractivity contribution >= 4 is 29.0 Å². The number of nitrogens with zero attached hydrogens (tertiary/aromatic N) is 1. The monoisotopic (exact) mass is 445 g/mol. The lowest BCUT2D eigenvalue weighted by Gasteiger charge is -2.13. The minimum absolute atomic E-state index is 0.192. The number of thioether (sulfide) groups is 1. The van der Waals surface area contributed by atoms with Gasteiger partial charge in [0.05, 0.1) is 11.5 Å². The lowest BCUT2D eigenvalue weighted by Crippen LogP contribution is -2.29. The van der Waals surface area contributed by atoms with E-state index in [2.05, 4.69) is 0 Å². The fourth-order valence-corrected chi connectivity index (χ4v) is 3.87. The number of hydrogen-bond acceptors (Lipinski definition) is 6. The molecule has 0 aromatic heterocycles. The van der Waals surface area contributed by atoms with Crippen LogP contribution in [0.25, 0.3) is 6.08 Å². The number of amides is 2. The van der Waals surface area contributed by atoms with Crippen LogP contribution >= 0.6 is 11.8 Å². The Morgan fingerprint density at radius 2 is 1.94 bits per heavy atom. The van der Waals surface area contributed by atoms with Gasteiger partial charge in [0.15, 0.2) is 11.5 Å². The van der Waals surface area contributed by atoms with E-state index in [0.717, 1.165) is 11.8 Å². The van der Waals surface area contributed by atoms with Crippen molar-refractivity contribution in [1.29, 1.82) is 0 Å². The molecule has 1 saturated heterocycles. The molecule has 0 bridgehead atoms. The van der Waals surface area contributed by atoms with Crippen LogP contribution in [0.4, 0.5) is 9.18 Å². The second-order valence-electron chi connectivity index (χ2n) is 6.74. The fraction of sp³-hybridized carbons (Fsp3) is 0.304.